The van der Waals surface area contributed by atoms with Crippen LogP contribution in [0.5, 0.6) is 0 Å². The van der Waals surface area contributed by atoms with E-state index in [1.165, 1.54) is 0 Å². The highest BCUT2D eigenvalue weighted by atomic mass is 16.5. The molecule has 0 aromatic heterocycles. The van der Waals surface area contributed by atoms with Crippen molar-refractivity contribution >= 4 is 5.97 Å². The number of aliphatic hydroxyl groups is 1. The Morgan fingerprint density at radius 2 is 2.60 bits per heavy atom. The minimum absolute atomic E-state index is 0.0597. The van der Waals surface area contributed by atoms with Gasteiger partial charge < -0.3 is 9.84 Å². The van der Waals surface area contributed by atoms with Crippen molar-refractivity contribution < 1.29 is 14.6 Å². The van der Waals surface area contributed by atoms with E-state index >= 15 is 0 Å². The van der Waals surface area contributed by atoms with Crippen molar-refractivity contribution in [1.82, 2.24) is 0 Å². The summed E-state index contributed by atoms with van der Waals surface area (Å²) < 4.78 is 4.80. The second-order valence-electron chi connectivity index (χ2n) is 2.36. The molecular formula is C7H10O3. The smallest absolute Gasteiger partial charge is 0.330 e. The van der Waals surface area contributed by atoms with E-state index < -0.39 is 5.97 Å². The maximum Gasteiger partial charge on any atom is 0.330 e. The lowest BCUT2D eigenvalue weighted by Gasteiger charge is -1.96. The average molecular weight is 142 g/mol. The van der Waals surface area contributed by atoms with Crippen molar-refractivity contribution in [2.75, 3.05) is 6.61 Å². The van der Waals surface area contributed by atoms with Gasteiger partial charge in [-0.3, -0.25) is 0 Å². The van der Waals surface area contributed by atoms with Gasteiger partial charge in [0.1, 0.15) is 6.10 Å². The fourth-order valence-electron chi connectivity index (χ4n) is 0.754. The highest BCUT2D eigenvalue weighted by molar-refractivity contribution is 5.81. The first kappa shape index (κ1) is 7.28. The van der Waals surface area contributed by atoms with Gasteiger partial charge in [-0.1, -0.05) is 6.58 Å². The lowest BCUT2D eigenvalue weighted by Crippen LogP contribution is -2.05. The first-order valence-corrected chi connectivity index (χ1v) is 3.22. The molecule has 0 radical (unpaired) electrons. The Bertz CT molecular complexity index is 153. The maximum atomic E-state index is 10.5. The minimum Gasteiger partial charge on any atom is -0.459 e. The zero-order valence-electron chi connectivity index (χ0n) is 5.62. The van der Waals surface area contributed by atoms with Crippen LogP contribution < -0.4 is 0 Å². The monoisotopic (exact) mass is 142 g/mol. The van der Waals surface area contributed by atoms with E-state index in [2.05, 4.69) is 6.58 Å². The quantitative estimate of drug-likeness (QED) is 0.449. The third-order valence-electron chi connectivity index (χ3n) is 1.53. The molecule has 0 spiro atoms. The van der Waals surface area contributed by atoms with Gasteiger partial charge in [-0.15, -0.1) is 0 Å². The predicted octanol–water partition coefficient (Wildman–Crippen LogP) is 0.0964. The number of rotatable bonds is 3. The van der Waals surface area contributed by atoms with E-state index in [9.17, 15) is 4.79 Å². The van der Waals surface area contributed by atoms with E-state index in [-0.39, 0.29) is 18.6 Å². The summed E-state index contributed by atoms with van der Waals surface area (Å²) in [7, 11) is 0. The molecule has 10 heavy (non-hydrogen) atoms. The Morgan fingerprint density at radius 1 is 1.90 bits per heavy atom. The van der Waals surface area contributed by atoms with Crippen LogP contribution in [0.4, 0.5) is 0 Å². The molecule has 1 aliphatic rings. The van der Waals surface area contributed by atoms with Crippen LogP contribution in [0.15, 0.2) is 12.7 Å². The molecule has 0 heterocycles. The first-order chi connectivity index (χ1) is 4.77. The topological polar surface area (TPSA) is 46.5 Å². The highest BCUT2D eigenvalue weighted by Gasteiger charge is 2.39. The van der Waals surface area contributed by atoms with Crippen LogP contribution >= 0.6 is 0 Å². The molecule has 0 amide bonds. The zero-order valence-corrected chi connectivity index (χ0v) is 5.62. The number of carbonyl (C=O) groups is 1. The lowest BCUT2D eigenvalue weighted by molar-refractivity contribution is -0.139. The molecule has 1 aliphatic carbocycles. The van der Waals surface area contributed by atoms with Gasteiger partial charge in [-0.25, -0.2) is 4.79 Å². The van der Waals surface area contributed by atoms with Gasteiger partial charge >= 0.3 is 5.97 Å². The summed E-state index contributed by atoms with van der Waals surface area (Å²) in [5.41, 5.74) is 0. The number of carbonyl (C=O) groups excluding carboxylic acids is 1. The molecule has 1 saturated carbocycles. The van der Waals surface area contributed by atoms with Crippen molar-refractivity contribution in [3.05, 3.63) is 12.7 Å². The van der Waals surface area contributed by atoms with Crippen molar-refractivity contribution in [2.45, 2.75) is 12.5 Å². The van der Waals surface area contributed by atoms with Gasteiger partial charge in [-0.2, -0.15) is 0 Å². The molecule has 2 unspecified atom stereocenters. The van der Waals surface area contributed by atoms with E-state index in [0.717, 1.165) is 12.5 Å². The van der Waals surface area contributed by atoms with Crippen LogP contribution in [0.1, 0.15) is 6.42 Å². The molecule has 1 N–H and O–H groups in total. The Hall–Kier alpha value is -0.830. The van der Waals surface area contributed by atoms with Crippen LogP contribution in [-0.2, 0) is 9.53 Å². The van der Waals surface area contributed by atoms with Gasteiger partial charge in [0, 0.05) is 18.6 Å². The molecule has 1 rings (SSSR count). The lowest BCUT2D eigenvalue weighted by atomic mass is 10.5. The maximum absolute atomic E-state index is 10.5. The Kier molecular flexibility index (Phi) is 2.06. The number of ether oxygens (including phenoxy) is 1. The summed E-state index contributed by atoms with van der Waals surface area (Å²) in [4.78, 5) is 10.5. The second kappa shape index (κ2) is 2.84. The molecular weight excluding hydrogens is 132 g/mol. The molecule has 3 heteroatoms. The predicted molar refractivity (Wildman–Crippen MR) is 35.3 cm³/mol. The van der Waals surface area contributed by atoms with Crippen molar-refractivity contribution in [3.63, 3.8) is 0 Å². The normalized spacial score (nSPS) is 29.3. The molecule has 2 atom stereocenters. The molecule has 56 valence electrons. The van der Waals surface area contributed by atoms with E-state index in [4.69, 9.17) is 9.84 Å². The highest BCUT2D eigenvalue weighted by Crippen LogP contribution is 2.32. The summed E-state index contributed by atoms with van der Waals surface area (Å²) in [6.45, 7) is 3.36. The molecule has 0 saturated heterocycles. The SMILES string of the molecule is C=CC(=O)OC1CC1CO. The fourth-order valence-corrected chi connectivity index (χ4v) is 0.754. The van der Waals surface area contributed by atoms with Crippen molar-refractivity contribution in [3.8, 4) is 0 Å². The van der Waals surface area contributed by atoms with Crippen molar-refractivity contribution in [2.24, 2.45) is 5.92 Å². The van der Waals surface area contributed by atoms with Gasteiger partial charge in [0.25, 0.3) is 0 Å². The van der Waals surface area contributed by atoms with E-state index in [1.54, 1.807) is 0 Å². The molecule has 3 nitrogen and oxygen atoms in total. The van der Waals surface area contributed by atoms with Gasteiger partial charge in [0.15, 0.2) is 0 Å². The standard InChI is InChI=1S/C7H10O3/c1-2-7(9)10-6-3-5(6)4-8/h2,5-6,8H,1,3-4H2. The molecule has 0 aromatic carbocycles. The largest absolute Gasteiger partial charge is 0.459 e. The Morgan fingerprint density at radius 3 is 3.00 bits per heavy atom. The van der Waals surface area contributed by atoms with Gasteiger partial charge in [-0.05, 0) is 6.42 Å². The Balaban J connectivity index is 2.17. The van der Waals surface area contributed by atoms with Gasteiger partial charge in [0.05, 0.1) is 0 Å². The summed E-state index contributed by atoms with van der Waals surface area (Å²) in [5, 5.41) is 8.54. The average Bonchev–Trinajstić information content (AvgIpc) is 2.67. The summed E-state index contributed by atoms with van der Waals surface area (Å²) in [5.74, 6) is -0.232. The number of esters is 1. The third-order valence-corrected chi connectivity index (χ3v) is 1.53. The van der Waals surface area contributed by atoms with Crippen LogP contribution in [0.3, 0.4) is 0 Å². The summed E-state index contributed by atoms with van der Waals surface area (Å²) >= 11 is 0. The minimum atomic E-state index is -0.402. The van der Waals surface area contributed by atoms with Crippen LogP contribution in [0, 0.1) is 5.92 Å². The van der Waals surface area contributed by atoms with Crippen LogP contribution in [0.25, 0.3) is 0 Å². The second-order valence-corrected chi connectivity index (χ2v) is 2.36. The molecule has 1 fully saturated rings. The van der Waals surface area contributed by atoms with Gasteiger partial charge in [0.2, 0.25) is 0 Å². The zero-order chi connectivity index (χ0) is 7.56. The number of hydrogen-bond donors (Lipinski definition) is 1. The van der Waals surface area contributed by atoms with E-state index in [0.29, 0.717) is 0 Å². The van der Waals surface area contributed by atoms with Crippen molar-refractivity contribution in [1.29, 1.82) is 0 Å². The Labute approximate surface area is 59.3 Å². The van der Waals surface area contributed by atoms with Crippen LogP contribution in [0.2, 0.25) is 0 Å². The molecule has 0 bridgehead atoms. The molecule has 0 aliphatic heterocycles. The number of aliphatic hydroxyl groups excluding tert-OH is 1. The third kappa shape index (κ3) is 1.57. The van der Waals surface area contributed by atoms with E-state index in [1.807, 2.05) is 0 Å². The summed E-state index contributed by atoms with van der Waals surface area (Å²) in [6.07, 6.45) is 1.86. The molecule has 0 aromatic rings. The first-order valence-electron chi connectivity index (χ1n) is 3.22. The fraction of sp³-hybridized carbons (Fsp3) is 0.571. The van der Waals surface area contributed by atoms with Crippen LogP contribution in [-0.4, -0.2) is 23.8 Å². The number of hydrogen-bond acceptors (Lipinski definition) is 3. The summed E-state index contributed by atoms with van der Waals surface area (Å²) in [6, 6.07) is 0.